The van der Waals surface area contributed by atoms with Crippen molar-refractivity contribution in [2.75, 3.05) is 6.61 Å². The van der Waals surface area contributed by atoms with Gasteiger partial charge in [0.05, 0.1) is 11.0 Å². The summed E-state index contributed by atoms with van der Waals surface area (Å²) in [4.78, 5) is 20.9. The summed E-state index contributed by atoms with van der Waals surface area (Å²) < 4.78 is 5.36. The standard InChI is InChI=1S/C13H15NO5/c1-8(13(15)16)4-5-19-12-7-11(14(17)18)9(2)6-10(12)3/h4,6-7H,5H2,1-3H3,(H,15,16)/b8-4-. The molecular formula is C13H15NO5. The number of ether oxygens (including phenoxy) is 1. The van der Waals surface area contributed by atoms with Crippen molar-refractivity contribution in [1.82, 2.24) is 0 Å². The average Bonchev–Trinajstić information content (AvgIpc) is 2.30. The highest BCUT2D eigenvalue weighted by Crippen LogP contribution is 2.28. The largest absolute Gasteiger partial charge is 0.489 e. The van der Waals surface area contributed by atoms with E-state index in [0.29, 0.717) is 11.3 Å². The molecule has 0 bridgehead atoms. The van der Waals surface area contributed by atoms with Crippen LogP contribution < -0.4 is 4.74 Å². The lowest BCUT2D eigenvalue weighted by Gasteiger charge is -2.08. The van der Waals surface area contributed by atoms with E-state index >= 15 is 0 Å². The molecule has 6 heteroatoms. The lowest BCUT2D eigenvalue weighted by molar-refractivity contribution is -0.385. The SMILES string of the molecule is C/C(=C/COc1cc([N+](=O)[O-])c(C)cc1C)C(=O)O. The van der Waals surface area contributed by atoms with Gasteiger partial charge in [-0.05, 0) is 38.5 Å². The van der Waals surface area contributed by atoms with E-state index in [-0.39, 0.29) is 17.9 Å². The first-order valence-corrected chi connectivity index (χ1v) is 5.61. The minimum atomic E-state index is -1.02. The molecule has 0 unspecified atom stereocenters. The zero-order valence-corrected chi connectivity index (χ0v) is 11.0. The topological polar surface area (TPSA) is 89.7 Å². The Hall–Kier alpha value is -2.37. The van der Waals surface area contributed by atoms with Crippen molar-refractivity contribution in [1.29, 1.82) is 0 Å². The Kier molecular flexibility index (Phi) is 4.63. The molecule has 0 aromatic heterocycles. The number of carboxylic acids is 1. The summed E-state index contributed by atoms with van der Waals surface area (Å²) in [6, 6.07) is 3.02. The molecule has 0 aliphatic heterocycles. The van der Waals surface area contributed by atoms with Crippen LogP contribution in [0.5, 0.6) is 5.75 Å². The van der Waals surface area contributed by atoms with Gasteiger partial charge in [0, 0.05) is 11.1 Å². The van der Waals surface area contributed by atoms with E-state index in [0.717, 1.165) is 5.56 Å². The van der Waals surface area contributed by atoms with Crippen LogP contribution in [0.3, 0.4) is 0 Å². The Balaban J connectivity index is 2.90. The number of nitrogens with zero attached hydrogens (tertiary/aromatic N) is 1. The number of carbonyl (C=O) groups is 1. The van der Waals surface area contributed by atoms with Gasteiger partial charge in [0.25, 0.3) is 5.69 Å². The third kappa shape index (κ3) is 3.80. The molecule has 6 nitrogen and oxygen atoms in total. The number of carboxylic acid groups (broad SMARTS) is 1. The smallest absolute Gasteiger partial charge is 0.331 e. The second kappa shape index (κ2) is 5.99. The Bertz CT molecular complexity index is 548. The lowest BCUT2D eigenvalue weighted by atomic mass is 10.1. The molecule has 1 aromatic carbocycles. The molecule has 0 aliphatic rings. The highest BCUT2D eigenvalue weighted by molar-refractivity contribution is 5.85. The summed E-state index contributed by atoms with van der Waals surface area (Å²) in [5.41, 5.74) is 1.48. The molecule has 0 saturated carbocycles. The lowest BCUT2D eigenvalue weighted by Crippen LogP contribution is -2.02. The number of nitro groups is 1. The summed E-state index contributed by atoms with van der Waals surface area (Å²) in [5, 5.41) is 19.5. The van der Waals surface area contributed by atoms with Crippen molar-refractivity contribution in [2.24, 2.45) is 0 Å². The van der Waals surface area contributed by atoms with Gasteiger partial charge in [0.15, 0.2) is 0 Å². The quantitative estimate of drug-likeness (QED) is 0.502. The van der Waals surface area contributed by atoms with Crippen LogP contribution in [0.4, 0.5) is 5.69 Å². The fourth-order valence-electron chi connectivity index (χ4n) is 1.52. The van der Waals surface area contributed by atoms with Crippen LogP contribution in [0.2, 0.25) is 0 Å². The van der Waals surface area contributed by atoms with Gasteiger partial charge in [0.2, 0.25) is 0 Å². The zero-order valence-electron chi connectivity index (χ0n) is 11.0. The maximum Gasteiger partial charge on any atom is 0.331 e. The summed E-state index contributed by atoms with van der Waals surface area (Å²) in [7, 11) is 0. The molecule has 0 fully saturated rings. The van der Waals surface area contributed by atoms with Crippen molar-refractivity contribution < 1.29 is 19.6 Å². The van der Waals surface area contributed by atoms with E-state index in [1.165, 1.54) is 19.1 Å². The Morgan fingerprint density at radius 1 is 1.42 bits per heavy atom. The number of hydrogen-bond acceptors (Lipinski definition) is 4. The summed E-state index contributed by atoms with van der Waals surface area (Å²) in [5.74, 6) is -0.637. The average molecular weight is 265 g/mol. The van der Waals surface area contributed by atoms with Gasteiger partial charge in [-0.15, -0.1) is 0 Å². The first kappa shape index (κ1) is 14.7. The molecule has 0 amide bonds. The van der Waals surface area contributed by atoms with E-state index in [1.807, 2.05) is 0 Å². The van der Waals surface area contributed by atoms with Gasteiger partial charge in [-0.2, -0.15) is 0 Å². The third-order valence-electron chi connectivity index (χ3n) is 2.66. The molecule has 19 heavy (non-hydrogen) atoms. The van der Waals surface area contributed by atoms with E-state index in [4.69, 9.17) is 9.84 Å². The molecule has 0 aliphatic carbocycles. The highest BCUT2D eigenvalue weighted by atomic mass is 16.6. The van der Waals surface area contributed by atoms with Crippen LogP contribution in [0, 0.1) is 24.0 Å². The summed E-state index contributed by atoms with van der Waals surface area (Å²) >= 11 is 0. The van der Waals surface area contributed by atoms with Gasteiger partial charge in [-0.3, -0.25) is 10.1 Å². The first-order valence-electron chi connectivity index (χ1n) is 5.61. The number of aliphatic carboxylic acids is 1. The molecule has 0 atom stereocenters. The maximum absolute atomic E-state index is 10.8. The van der Waals surface area contributed by atoms with E-state index in [1.54, 1.807) is 19.9 Å². The van der Waals surface area contributed by atoms with Crippen LogP contribution in [0.25, 0.3) is 0 Å². The normalized spacial score (nSPS) is 11.2. The monoisotopic (exact) mass is 265 g/mol. The highest BCUT2D eigenvalue weighted by Gasteiger charge is 2.14. The number of hydrogen-bond donors (Lipinski definition) is 1. The molecule has 1 aromatic rings. The molecule has 0 radical (unpaired) electrons. The maximum atomic E-state index is 10.8. The van der Waals surface area contributed by atoms with Gasteiger partial charge in [0.1, 0.15) is 12.4 Å². The Morgan fingerprint density at radius 2 is 2.05 bits per heavy atom. The van der Waals surface area contributed by atoms with Crippen molar-refractivity contribution in [2.45, 2.75) is 20.8 Å². The van der Waals surface area contributed by atoms with Crippen LogP contribution >= 0.6 is 0 Å². The minimum Gasteiger partial charge on any atom is -0.489 e. The number of aryl methyl sites for hydroxylation is 2. The van der Waals surface area contributed by atoms with Gasteiger partial charge in [-0.1, -0.05) is 0 Å². The molecule has 1 rings (SSSR count). The van der Waals surface area contributed by atoms with Crippen LogP contribution in [0.15, 0.2) is 23.8 Å². The van der Waals surface area contributed by atoms with Crippen molar-refractivity contribution in [3.63, 3.8) is 0 Å². The third-order valence-corrected chi connectivity index (χ3v) is 2.66. The molecule has 102 valence electrons. The Morgan fingerprint density at radius 3 is 2.58 bits per heavy atom. The molecule has 0 saturated heterocycles. The van der Waals surface area contributed by atoms with Gasteiger partial charge < -0.3 is 9.84 Å². The minimum absolute atomic E-state index is 0.0143. The molecule has 0 spiro atoms. The number of rotatable bonds is 5. The van der Waals surface area contributed by atoms with Gasteiger partial charge >= 0.3 is 5.97 Å². The second-order valence-electron chi connectivity index (χ2n) is 4.16. The zero-order chi connectivity index (χ0) is 14.6. The van der Waals surface area contributed by atoms with Crippen molar-refractivity contribution in [3.8, 4) is 5.75 Å². The predicted octanol–water partition coefficient (Wildman–Crippen LogP) is 2.62. The molecule has 1 N–H and O–H groups in total. The molecule has 0 heterocycles. The summed E-state index contributed by atoms with van der Waals surface area (Å²) in [6.45, 7) is 4.94. The van der Waals surface area contributed by atoms with E-state index in [9.17, 15) is 14.9 Å². The van der Waals surface area contributed by atoms with E-state index in [2.05, 4.69) is 0 Å². The second-order valence-corrected chi connectivity index (χ2v) is 4.16. The fraction of sp³-hybridized carbons (Fsp3) is 0.308. The summed E-state index contributed by atoms with van der Waals surface area (Å²) in [6.07, 6.45) is 1.41. The van der Waals surface area contributed by atoms with Crippen LogP contribution in [0.1, 0.15) is 18.1 Å². The van der Waals surface area contributed by atoms with Crippen LogP contribution in [-0.2, 0) is 4.79 Å². The Labute approximate surface area is 110 Å². The van der Waals surface area contributed by atoms with E-state index < -0.39 is 10.9 Å². The van der Waals surface area contributed by atoms with Gasteiger partial charge in [-0.25, -0.2) is 4.79 Å². The predicted molar refractivity (Wildman–Crippen MR) is 69.5 cm³/mol. The first-order chi connectivity index (χ1) is 8.82. The number of benzene rings is 1. The van der Waals surface area contributed by atoms with Crippen molar-refractivity contribution >= 4 is 11.7 Å². The van der Waals surface area contributed by atoms with Crippen molar-refractivity contribution in [3.05, 3.63) is 45.0 Å². The fourth-order valence-corrected chi connectivity index (χ4v) is 1.52. The van der Waals surface area contributed by atoms with Crippen LogP contribution in [-0.4, -0.2) is 22.6 Å². The number of nitro benzene ring substituents is 1. The molecular weight excluding hydrogens is 250 g/mol.